The van der Waals surface area contributed by atoms with E-state index in [0.29, 0.717) is 25.0 Å². The van der Waals surface area contributed by atoms with Gasteiger partial charge in [0.15, 0.2) is 0 Å². The third-order valence-corrected chi connectivity index (χ3v) is 4.86. The van der Waals surface area contributed by atoms with Crippen LogP contribution >= 0.6 is 0 Å². The molecule has 2 heterocycles. The second-order valence-corrected chi connectivity index (χ2v) is 6.71. The zero-order valence-electron chi connectivity index (χ0n) is 13.8. The Bertz CT molecular complexity index is 578. The topological polar surface area (TPSA) is 83.5 Å². The number of alkyl halides is 2. The fourth-order valence-electron chi connectivity index (χ4n) is 3.32. The molecule has 1 saturated heterocycles. The smallest absolute Gasteiger partial charge is 0.251 e. The summed E-state index contributed by atoms with van der Waals surface area (Å²) < 4.78 is 32.0. The number of nitrogens with one attached hydrogen (secondary N) is 2. The molecule has 2 fully saturated rings. The molecule has 0 spiro atoms. The Hall–Kier alpha value is -1.64. The lowest BCUT2D eigenvalue weighted by molar-refractivity contribution is -0.0421. The van der Waals surface area contributed by atoms with Crippen molar-refractivity contribution in [2.45, 2.75) is 55.9 Å². The van der Waals surface area contributed by atoms with Crippen LogP contribution in [0.15, 0.2) is 24.5 Å². The van der Waals surface area contributed by atoms with Crippen LogP contribution in [0.3, 0.4) is 0 Å². The minimum atomic E-state index is -2.57. The van der Waals surface area contributed by atoms with Crippen molar-refractivity contribution in [3.8, 4) is 0 Å². The van der Waals surface area contributed by atoms with Gasteiger partial charge in [-0.3, -0.25) is 9.78 Å². The van der Waals surface area contributed by atoms with Crippen molar-refractivity contribution >= 4 is 5.91 Å². The van der Waals surface area contributed by atoms with Crippen LogP contribution < -0.4 is 10.6 Å². The molecule has 1 amide bonds. The summed E-state index contributed by atoms with van der Waals surface area (Å²) in [7, 11) is 0. The van der Waals surface area contributed by atoms with Crippen molar-refractivity contribution in [3.63, 3.8) is 0 Å². The molecule has 0 unspecified atom stereocenters. The summed E-state index contributed by atoms with van der Waals surface area (Å²) in [5.74, 6) is -2.83. The van der Waals surface area contributed by atoms with E-state index in [4.69, 9.17) is 4.74 Å². The van der Waals surface area contributed by atoms with Gasteiger partial charge in [0.25, 0.3) is 5.91 Å². The number of hydrogen-bond donors (Lipinski definition) is 3. The molecular weight excluding hydrogens is 332 g/mol. The summed E-state index contributed by atoms with van der Waals surface area (Å²) in [6.45, 7) is 0.479. The molecular formula is C17H23F2N3O3. The maximum absolute atomic E-state index is 13.2. The Balaban J connectivity index is 1.44. The Morgan fingerprint density at radius 2 is 2.00 bits per heavy atom. The van der Waals surface area contributed by atoms with Crippen molar-refractivity contribution in [2.24, 2.45) is 0 Å². The summed E-state index contributed by atoms with van der Waals surface area (Å²) in [5.41, 5.74) is 0.486. The van der Waals surface area contributed by atoms with Crippen molar-refractivity contribution in [1.82, 2.24) is 15.6 Å². The van der Waals surface area contributed by atoms with Crippen molar-refractivity contribution in [2.75, 3.05) is 13.2 Å². The molecule has 2 aliphatic rings. The molecule has 8 heteroatoms. The molecule has 25 heavy (non-hydrogen) atoms. The molecule has 1 aromatic heterocycles. The Labute approximate surface area is 145 Å². The lowest BCUT2D eigenvalue weighted by Gasteiger charge is -2.31. The normalized spacial score (nSPS) is 29.5. The maximum atomic E-state index is 13.2. The van der Waals surface area contributed by atoms with Gasteiger partial charge < -0.3 is 20.5 Å². The standard InChI is InChI=1S/C17H23F2N3O3/c18-17(19)5-1-12(2-6-17)22-13-10-25-14(15(13)23)9-21-16(24)11-3-7-20-8-4-11/h3-4,7-8,12-15,22-23H,1-2,5-6,9-10H2,(H,21,24)/t13-,14-,15+/m1/s1. The lowest BCUT2D eigenvalue weighted by Crippen LogP contribution is -2.49. The van der Waals surface area contributed by atoms with Gasteiger partial charge >= 0.3 is 0 Å². The Morgan fingerprint density at radius 1 is 1.32 bits per heavy atom. The van der Waals surface area contributed by atoms with Crippen LogP contribution in [0, 0.1) is 0 Å². The minimum absolute atomic E-state index is 0.0342. The number of ether oxygens (including phenoxy) is 1. The largest absolute Gasteiger partial charge is 0.389 e. The number of pyridine rings is 1. The number of halogens is 2. The predicted molar refractivity (Wildman–Crippen MR) is 86.4 cm³/mol. The number of amides is 1. The minimum Gasteiger partial charge on any atom is -0.389 e. The van der Waals surface area contributed by atoms with E-state index in [-0.39, 0.29) is 37.4 Å². The average Bonchev–Trinajstić information content (AvgIpc) is 2.95. The van der Waals surface area contributed by atoms with E-state index in [1.54, 1.807) is 12.1 Å². The van der Waals surface area contributed by atoms with E-state index in [0.717, 1.165) is 0 Å². The van der Waals surface area contributed by atoms with Gasteiger partial charge in [-0.2, -0.15) is 0 Å². The maximum Gasteiger partial charge on any atom is 0.251 e. The van der Waals surface area contributed by atoms with Crippen molar-refractivity contribution in [3.05, 3.63) is 30.1 Å². The summed E-state index contributed by atoms with van der Waals surface area (Å²) in [4.78, 5) is 15.9. The quantitative estimate of drug-likeness (QED) is 0.737. The van der Waals surface area contributed by atoms with Gasteiger partial charge in [0.1, 0.15) is 6.10 Å². The van der Waals surface area contributed by atoms with Gasteiger partial charge in [-0.15, -0.1) is 0 Å². The zero-order valence-corrected chi connectivity index (χ0v) is 13.8. The SMILES string of the molecule is O=C(NC[C@H]1OC[C@@H](NC2CCC(F)(F)CC2)[C@@H]1O)c1ccncc1. The molecule has 0 radical (unpaired) electrons. The van der Waals surface area contributed by atoms with Crippen molar-refractivity contribution < 1.29 is 23.4 Å². The third-order valence-electron chi connectivity index (χ3n) is 4.86. The van der Waals surface area contributed by atoms with Gasteiger partial charge in [-0.1, -0.05) is 0 Å². The molecule has 1 saturated carbocycles. The van der Waals surface area contributed by atoms with Crippen LogP contribution in [0.4, 0.5) is 8.78 Å². The number of hydrogen-bond acceptors (Lipinski definition) is 5. The molecule has 1 aliphatic heterocycles. The van der Waals surface area contributed by atoms with Crippen LogP contribution in [0.2, 0.25) is 0 Å². The second-order valence-electron chi connectivity index (χ2n) is 6.71. The number of nitrogens with zero attached hydrogens (tertiary/aromatic N) is 1. The summed E-state index contributed by atoms with van der Waals surface area (Å²) in [6.07, 6.45) is 2.28. The van der Waals surface area contributed by atoms with E-state index < -0.39 is 18.1 Å². The molecule has 3 rings (SSSR count). The first-order valence-electron chi connectivity index (χ1n) is 8.56. The predicted octanol–water partition coefficient (Wildman–Crippen LogP) is 1.11. The van der Waals surface area contributed by atoms with E-state index in [1.807, 2.05) is 0 Å². The highest BCUT2D eigenvalue weighted by molar-refractivity contribution is 5.93. The van der Waals surface area contributed by atoms with Crippen LogP contribution in [-0.2, 0) is 4.74 Å². The fraction of sp³-hybridized carbons (Fsp3) is 0.647. The molecule has 3 N–H and O–H groups in total. The number of aromatic nitrogens is 1. The summed E-state index contributed by atoms with van der Waals surface area (Å²) in [6, 6.07) is 2.86. The molecule has 6 nitrogen and oxygen atoms in total. The monoisotopic (exact) mass is 355 g/mol. The lowest BCUT2D eigenvalue weighted by atomic mass is 9.91. The molecule has 0 bridgehead atoms. The molecule has 0 aromatic carbocycles. The van der Waals surface area contributed by atoms with E-state index >= 15 is 0 Å². The Kier molecular flexibility index (Phi) is 5.61. The van der Waals surface area contributed by atoms with Crippen LogP contribution in [0.5, 0.6) is 0 Å². The highest BCUT2D eigenvalue weighted by atomic mass is 19.3. The molecule has 138 valence electrons. The number of carbonyl (C=O) groups is 1. The van der Waals surface area contributed by atoms with Gasteiger partial charge in [0, 0.05) is 43.4 Å². The number of carbonyl (C=O) groups excluding carboxylic acids is 1. The molecule has 1 aliphatic carbocycles. The number of rotatable bonds is 5. The van der Waals surface area contributed by atoms with Gasteiger partial charge in [0.05, 0.1) is 18.8 Å². The summed E-state index contributed by atoms with van der Waals surface area (Å²) in [5, 5.41) is 16.3. The van der Waals surface area contributed by atoms with Gasteiger partial charge in [0.2, 0.25) is 5.92 Å². The average molecular weight is 355 g/mol. The first-order chi connectivity index (χ1) is 11.9. The number of aliphatic hydroxyl groups is 1. The zero-order chi connectivity index (χ0) is 17.9. The van der Waals surface area contributed by atoms with E-state index in [9.17, 15) is 18.7 Å². The number of aliphatic hydroxyl groups excluding tert-OH is 1. The Morgan fingerprint density at radius 3 is 2.68 bits per heavy atom. The molecule has 1 aromatic rings. The third kappa shape index (κ3) is 4.71. The fourth-order valence-corrected chi connectivity index (χ4v) is 3.32. The molecule has 3 atom stereocenters. The second kappa shape index (κ2) is 7.72. The van der Waals surface area contributed by atoms with E-state index in [2.05, 4.69) is 15.6 Å². The van der Waals surface area contributed by atoms with Gasteiger partial charge in [-0.05, 0) is 25.0 Å². The van der Waals surface area contributed by atoms with Crippen LogP contribution in [0.25, 0.3) is 0 Å². The summed E-state index contributed by atoms with van der Waals surface area (Å²) >= 11 is 0. The van der Waals surface area contributed by atoms with Crippen molar-refractivity contribution in [1.29, 1.82) is 0 Å². The first kappa shape index (κ1) is 18.2. The van der Waals surface area contributed by atoms with Crippen LogP contribution in [-0.4, -0.2) is 59.4 Å². The van der Waals surface area contributed by atoms with Crippen LogP contribution in [0.1, 0.15) is 36.0 Å². The van der Waals surface area contributed by atoms with E-state index in [1.165, 1.54) is 12.4 Å². The highest BCUT2D eigenvalue weighted by Gasteiger charge is 2.40. The van der Waals surface area contributed by atoms with Gasteiger partial charge in [-0.25, -0.2) is 8.78 Å². The highest BCUT2D eigenvalue weighted by Crippen LogP contribution is 2.33. The first-order valence-corrected chi connectivity index (χ1v) is 8.56.